The lowest BCUT2D eigenvalue weighted by molar-refractivity contribution is 0.570. The van der Waals surface area contributed by atoms with Crippen LogP contribution in [0.3, 0.4) is 0 Å². The van der Waals surface area contributed by atoms with Crippen LogP contribution >= 0.6 is 11.6 Å². The SMILES string of the molecule is N#Cc1cc(Cl)ccc1NCCCn1ccnn1. The molecule has 0 saturated heterocycles. The first kappa shape index (κ1) is 12.4. The molecule has 18 heavy (non-hydrogen) atoms. The summed E-state index contributed by atoms with van der Waals surface area (Å²) >= 11 is 5.83. The number of hydrogen-bond donors (Lipinski definition) is 1. The van der Waals surface area contributed by atoms with E-state index in [2.05, 4.69) is 21.7 Å². The zero-order valence-electron chi connectivity index (χ0n) is 9.67. The standard InChI is InChI=1S/C12H12ClN5/c13-11-2-3-12(10(8-11)9-14)15-4-1-6-18-7-5-16-17-18/h2-3,5,7-8,15H,1,4,6H2. The number of nitriles is 1. The van der Waals surface area contributed by atoms with Crippen molar-refractivity contribution in [3.63, 3.8) is 0 Å². The quantitative estimate of drug-likeness (QED) is 0.839. The molecule has 0 unspecified atom stereocenters. The van der Waals surface area contributed by atoms with Crippen molar-refractivity contribution in [2.45, 2.75) is 13.0 Å². The van der Waals surface area contributed by atoms with Crippen LogP contribution in [-0.4, -0.2) is 21.5 Å². The molecule has 1 aromatic heterocycles. The van der Waals surface area contributed by atoms with E-state index in [1.807, 2.05) is 12.3 Å². The van der Waals surface area contributed by atoms with Crippen molar-refractivity contribution in [1.82, 2.24) is 15.0 Å². The number of aromatic nitrogens is 3. The molecular formula is C12H12ClN5. The number of rotatable bonds is 5. The van der Waals surface area contributed by atoms with Gasteiger partial charge in [0, 0.05) is 24.3 Å². The van der Waals surface area contributed by atoms with Crippen molar-refractivity contribution in [2.75, 3.05) is 11.9 Å². The summed E-state index contributed by atoms with van der Waals surface area (Å²) in [4.78, 5) is 0. The van der Waals surface area contributed by atoms with Crippen LogP contribution < -0.4 is 5.32 Å². The van der Waals surface area contributed by atoms with Gasteiger partial charge in [0.15, 0.2) is 0 Å². The Morgan fingerprint density at radius 2 is 2.33 bits per heavy atom. The zero-order valence-corrected chi connectivity index (χ0v) is 10.4. The molecule has 0 spiro atoms. The van der Waals surface area contributed by atoms with E-state index in [0.717, 1.165) is 25.2 Å². The highest BCUT2D eigenvalue weighted by Crippen LogP contribution is 2.19. The molecule has 6 heteroatoms. The molecule has 92 valence electrons. The van der Waals surface area contributed by atoms with Gasteiger partial charge in [0.25, 0.3) is 0 Å². The van der Waals surface area contributed by atoms with Crippen molar-refractivity contribution < 1.29 is 0 Å². The maximum atomic E-state index is 8.98. The second kappa shape index (κ2) is 6.03. The molecule has 5 nitrogen and oxygen atoms in total. The van der Waals surface area contributed by atoms with Crippen LogP contribution in [0.4, 0.5) is 5.69 Å². The molecule has 1 N–H and O–H groups in total. The van der Waals surface area contributed by atoms with Crippen LogP contribution in [0.1, 0.15) is 12.0 Å². The Labute approximate surface area is 110 Å². The number of hydrogen-bond acceptors (Lipinski definition) is 4. The third-order valence-electron chi connectivity index (χ3n) is 2.45. The fourth-order valence-corrected chi connectivity index (χ4v) is 1.75. The molecule has 1 heterocycles. The first-order valence-electron chi connectivity index (χ1n) is 5.57. The minimum Gasteiger partial charge on any atom is -0.384 e. The van der Waals surface area contributed by atoms with Crippen molar-refractivity contribution in [1.29, 1.82) is 5.26 Å². The molecule has 0 atom stereocenters. The highest BCUT2D eigenvalue weighted by molar-refractivity contribution is 6.30. The largest absolute Gasteiger partial charge is 0.384 e. The third kappa shape index (κ3) is 3.22. The molecule has 0 aliphatic carbocycles. The van der Waals surface area contributed by atoms with Gasteiger partial charge in [-0.15, -0.1) is 5.10 Å². The fourth-order valence-electron chi connectivity index (χ4n) is 1.58. The summed E-state index contributed by atoms with van der Waals surface area (Å²) in [6, 6.07) is 7.35. The van der Waals surface area contributed by atoms with Gasteiger partial charge < -0.3 is 5.32 Å². The molecule has 0 radical (unpaired) electrons. The van der Waals surface area contributed by atoms with Crippen LogP contribution in [-0.2, 0) is 6.54 Å². The fraction of sp³-hybridized carbons (Fsp3) is 0.250. The van der Waals surface area contributed by atoms with E-state index in [9.17, 15) is 0 Å². The molecule has 0 amide bonds. The highest BCUT2D eigenvalue weighted by atomic mass is 35.5. The van der Waals surface area contributed by atoms with Crippen LogP contribution in [0.2, 0.25) is 5.02 Å². The van der Waals surface area contributed by atoms with Crippen LogP contribution in [0, 0.1) is 11.3 Å². The number of nitrogens with zero attached hydrogens (tertiary/aromatic N) is 4. The summed E-state index contributed by atoms with van der Waals surface area (Å²) in [7, 11) is 0. The van der Waals surface area contributed by atoms with E-state index in [4.69, 9.17) is 16.9 Å². The lowest BCUT2D eigenvalue weighted by atomic mass is 10.2. The van der Waals surface area contributed by atoms with Crippen molar-refractivity contribution >= 4 is 17.3 Å². The lowest BCUT2D eigenvalue weighted by Crippen LogP contribution is -2.08. The van der Waals surface area contributed by atoms with Crippen molar-refractivity contribution in [3.05, 3.63) is 41.2 Å². The van der Waals surface area contributed by atoms with E-state index in [-0.39, 0.29) is 0 Å². The number of aryl methyl sites for hydroxylation is 1. The van der Waals surface area contributed by atoms with Gasteiger partial charge in [-0.3, -0.25) is 4.68 Å². The molecule has 0 saturated carbocycles. The molecule has 0 aliphatic heterocycles. The molecule has 1 aromatic carbocycles. The number of benzene rings is 1. The topological polar surface area (TPSA) is 66.5 Å². The molecule has 0 fully saturated rings. The van der Waals surface area contributed by atoms with Gasteiger partial charge in [-0.25, -0.2) is 0 Å². The maximum absolute atomic E-state index is 8.98. The first-order valence-corrected chi connectivity index (χ1v) is 5.95. The Morgan fingerprint density at radius 3 is 3.06 bits per heavy atom. The average Bonchev–Trinajstić information content (AvgIpc) is 2.89. The monoisotopic (exact) mass is 261 g/mol. The van der Waals surface area contributed by atoms with E-state index in [0.29, 0.717) is 10.6 Å². The predicted molar refractivity (Wildman–Crippen MR) is 69.3 cm³/mol. The molecule has 2 aromatic rings. The summed E-state index contributed by atoms with van der Waals surface area (Å²) in [5, 5.41) is 20.4. The number of nitrogens with one attached hydrogen (secondary N) is 1. The van der Waals surface area contributed by atoms with Gasteiger partial charge >= 0.3 is 0 Å². The average molecular weight is 262 g/mol. The third-order valence-corrected chi connectivity index (χ3v) is 2.69. The Hall–Kier alpha value is -2.06. The molecule has 2 rings (SSSR count). The summed E-state index contributed by atoms with van der Waals surface area (Å²) in [6.45, 7) is 1.55. The predicted octanol–water partition coefficient (Wildman–Crippen LogP) is 2.31. The van der Waals surface area contributed by atoms with Gasteiger partial charge in [0.2, 0.25) is 0 Å². The van der Waals surface area contributed by atoms with Gasteiger partial charge in [-0.05, 0) is 24.6 Å². The van der Waals surface area contributed by atoms with Gasteiger partial charge in [-0.1, -0.05) is 16.8 Å². The second-order valence-corrected chi connectivity index (χ2v) is 4.18. The normalized spacial score (nSPS) is 10.0. The van der Waals surface area contributed by atoms with Gasteiger partial charge in [0.1, 0.15) is 6.07 Å². The summed E-state index contributed by atoms with van der Waals surface area (Å²) in [5.41, 5.74) is 1.36. The van der Waals surface area contributed by atoms with Crippen LogP contribution in [0.15, 0.2) is 30.6 Å². The van der Waals surface area contributed by atoms with E-state index in [1.54, 1.807) is 23.0 Å². The zero-order chi connectivity index (χ0) is 12.8. The highest BCUT2D eigenvalue weighted by Gasteiger charge is 2.02. The summed E-state index contributed by atoms with van der Waals surface area (Å²) in [6.07, 6.45) is 4.38. The van der Waals surface area contributed by atoms with E-state index >= 15 is 0 Å². The molecule has 0 aliphatic rings. The second-order valence-electron chi connectivity index (χ2n) is 3.75. The lowest BCUT2D eigenvalue weighted by Gasteiger charge is -2.08. The maximum Gasteiger partial charge on any atom is 0.101 e. The van der Waals surface area contributed by atoms with Crippen LogP contribution in [0.25, 0.3) is 0 Å². The van der Waals surface area contributed by atoms with E-state index in [1.165, 1.54) is 0 Å². The Balaban J connectivity index is 1.85. The van der Waals surface area contributed by atoms with E-state index < -0.39 is 0 Å². The smallest absolute Gasteiger partial charge is 0.101 e. The Kier molecular flexibility index (Phi) is 4.15. The van der Waals surface area contributed by atoms with Crippen LogP contribution in [0.5, 0.6) is 0 Å². The summed E-state index contributed by atoms with van der Waals surface area (Å²) in [5.74, 6) is 0. The number of halogens is 1. The Morgan fingerprint density at radius 1 is 1.44 bits per heavy atom. The Bertz CT molecular complexity index is 544. The minimum absolute atomic E-state index is 0.559. The first-order chi connectivity index (χ1) is 8.79. The van der Waals surface area contributed by atoms with Crippen molar-refractivity contribution in [3.8, 4) is 6.07 Å². The van der Waals surface area contributed by atoms with Gasteiger partial charge in [0.05, 0.1) is 17.4 Å². The van der Waals surface area contributed by atoms with Crippen molar-refractivity contribution in [2.24, 2.45) is 0 Å². The minimum atomic E-state index is 0.559. The number of anilines is 1. The van der Waals surface area contributed by atoms with Gasteiger partial charge in [-0.2, -0.15) is 5.26 Å². The summed E-state index contributed by atoms with van der Waals surface area (Å²) < 4.78 is 1.77. The molecule has 0 bridgehead atoms. The molecular weight excluding hydrogens is 250 g/mol.